The molecule has 2 aromatic carbocycles. The summed E-state index contributed by atoms with van der Waals surface area (Å²) in [6.45, 7) is 0. The first kappa shape index (κ1) is 15.6. The van der Waals surface area contributed by atoms with Crippen LogP contribution in [-0.2, 0) is 0 Å². The lowest BCUT2D eigenvalue weighted by Gasteiger charge is -2.10. The molecule has 0 saturated carbocycles. The van der Waals surface area contributed by atoms with Gasteiger partial charge >= 0.3 is 0 Å². The SMILES string of the molecule is COc1cccc(C(C#N)C(=O)c2ccc(Br)c(Cl)c2)c1. The molecular formula is C16H11BrClNO2. The molecular weight excluding hydrogens is 354 g/mol. The number of nitrogens with zero attached hydrogens (tertiary/aromatic N) is 1. The van der Waals surface area contributed by atoms with Gasteiger partial charge in [-0.1, -0.05) is 29.8 Å². The van der Waals surface area contributed by atoms with Gasteiger partial charge in [-0.2, -0.15) is 5.26 Å². The van der Waals surface area contributed by atoms with E-state index in [0.29, 0.717) is 26.4 Å². The second-order valence-electron chi connectivity index (χ2n) is 4.33. The summed E-state index contributed by atoms with van der Waals surface area (Å²) in [5.74, 6) is -0.577. The van der Waals surface area contributed by atoms with Gasteiger partial charge in [0, 0.05) is 10.0 Å². The number of carbonyl (C=O) groups excluding carboxylic acids is 1. The van der Waals surface area contributed by atoms with Gasteiger partial charge in [-0.15, -0.1) is 0 Å². The number of benzene rings is 2. The lowest BCUT2D eigenvalue weighted by molar-refractivity contribution is 0.0979. The Hall–Kier alpha value is -1.83. The summed E-state index contributed by atoms with van der Waals surface area (Å²) in [5.41, 5.74) is 0.999. The average Bonchev–Trinajstić information content (AvgIpc) is 2.51. The number of methoxy groups -OCH3 is 1. The lowest BCUT2D eigenvalue weighted by Crippen LogP contribution is -2.11. The van der Waals surface area contributed by atoms with Crippen LogP contribution in [0.2, 0.25) is 5.02 Å². The van der Waals surface area contributed by atoms with Crippen molar-refractivity contribution in [1.82, 2.24) is 0 Å². The third-order valence-corrected chi connectivity index (χ3v) is 4.26. The molecule has 0 fully saturated rings. The Balaban J connectivity index is 2.38. The minimum Gasteiger partial charge on any atom is -0.497 e. The molecule has 2 aromatic rings. The van der Waals surface area contributed by atoms with Gasteiger partial charge in [0.25, 0.3) is 0 Å². The number of nitriles is 1. The number of hydrogen-bond acceptors (Lipinski definition) is 3. The second-order valence-corrected chi connectivity index (χ2v) is 5.59. The van der Waals surface area contributed by atoms with Gasteiger partial charge in [0.1, 0.15) is 11.7 Å². The summed E-state index contributed by atoms with van der Waals surface area (Å²) in [6, 6.07) is 13.9. The minimum atomic E-state index is -0.891. The van der Waals surface area contributed by atoms with Crippen molar-refractivity contribution in [3.8, 4) is 11.8 Å². The molecule has 106 valence electrons. The van der Waals surface area contributed by atoms with Gasteiger partial charge in [-0.3, -0.25) is 4.79 Å². The number of Topliss-reactive ketones (excluding diaryl/α,β-unsaturated/α-hetero) is 1. The van der Waals surface area contributed by atoms with E-state index in [9.17, 15) is 10.1 Å². The Bertz CT molecular complexity index is 724. The predicted octanol–water partition coefficient (Wildman–Crippen LogP) is 4.60. The second kappa shape index (κ2) is 6.75. The summed E-state index contributed by atoms with van der Waals surface area (Å²) < 4.78 is 5.83. The molecule has 0 saturated heterocycles. The van der Waals surface area contributed by atoms with Crippen molar-refractivity contribution in [1.29, 1.82) is 5.26 Å². The van der Waals surface area contributed by atoms with Crippen LogP contribution in [0.15, 0.2) is 46.9 Å². The predicted molar refractivity (Wildman–Crippen MR) is 84.8 cm³/mol. The minimum absolute atomic E-state index is 0.292. The quantitative estimate of drug-likeness (QED) is 0.745. The largest absolute Gasteiger partial charge is 0.497 e. The highest BCUT2D eigenvalue weighted by molar-refractivity contribution is 9.10. The summed E-state index contributed by atoms with van der Waals surface area (Å²) in [5, 5.41) is 9.78. The zero-order valence-electron chi connectivity index (χ0n) is 11.1. The van der Waals surface area contributed by atoms with Crippen molar-refractivity contribution in [3.63, 3.8) is 0 Å². The molecule has 0 aliphatic carbocycles. The Morgan fingerprint density at radius 2 is 2.10 bits per heavy atom. The van der Waals surface area contributed by atoms with E-state index in [0.717, 1.165) is 0 Å². The molecule has 0 radical (unpaired) electrons. The first-order valence-electron chi connectivity index (χ1n) is 6.09. The van der Waals surface area contributed by atoms with E-state index in [2.05, 4.69) is 15.9 Å². The molecule has 0 amide bonds. The van der Waals surface area contributed by atoms with Crippen molar-refractivity contribution >= 4 is 33.3 Å². The van der Waals surface area contributed by atoms with Crippen LogP contribution < -0.4 is 4.74 Å². The van der Waals surface area contributed by atoms with E-state index in [1.165, 1.54) is 7.11 Å². The normalized spacial score (nSPS) is 11.5. The van der Waals surface area contributed by atoms with Crippen LogP contribution in [0.5, 0.6) is 5.75 Å². The van der Waals surface area contributed by atoms with Crippen LogP contribution in [0, 0.1) is 11.3 Å². The summed E-state index contributed by atoms with van der Waals surface area (Å²) in [4.78, 5) is 12.5. The molecule has 0 N–H and O–H groups in total. The first-order valence-corrected chi connectivity index (χ1v) is 7.26. The molecule has 2 rings (SSSR count). The maximum Gasteiger partial charge on any atom is 0.184 e. The topological polar surface area (TPSA) is 50.1 Å². The lowest BCUT2D eigenvalue weighted by atomic mass is 9.92. The van der Waals surface area contributed by atoms with Crippen LogP contribution >= 0.6 is 27.5 Å². The smallest absolute Gasteiger partial charge is 0.184 e. The molecule has 0 aliphatic rings. The maximum atomic E-state index is 12.5. The van der Waals surface area contributed by atoms with Gasteiger partial charge in [-0.05, 0) is 45.8 Å². The number of rotatable bonds is 4. The summed E-state index contributed by atoms with van der Waals surface area (Å²) in [6.07, 6.45) is 0. The van der Waals surface area contributed by atoms with Gasteiger partial charge < -0.3 is 4.74 Å². The number of ketones is 1. The highest BCUT2D eigenvalue weighted by Gasteiger charge is 2.22. The molecule has 21 heavy (non-hydrogen) atoms. The Labute approximate surface area is 136 Å². The van der Waals surface area contributed by atoms with Gasteiger partial charge in [0.15, 0.2) is 5.78 Å². The van der Waals surface area contributed by atoms with Gasteiger partial charge in [0.05, 0.1) is 18.2 Å². The van der Waals surface area contributed by atoms with Gasteiger partial charge in [-0.25, -0.2) is 0 Å². The van der Waals surface area contributed by atoms with E-state index in [1.807, 2.05) is 6.07 Å². The summed E-state index contributed by atoms with van der Waals surface area (Å²) >= 11 is 9.27. The van der Waals surface area contributed by atoms with E-state index in [1.54, 1.807) is 42.5 Å². The van der Waals surface area contributed by atoms with E-state index < -0.39 is 5.92 Å². The third kappa shape index (κ3) is 3.44. The molecule has 0 aliphatic heterocycles. The van der Waals surface area contributed by atoms with Crippen LogP contribution in [0.25, 0.3) is 0 Å². The molecule has 0 spiro atoms. The Morgan fingerprint density at radius 1 is 1.33 bits per heavy atom. The standard InChI is InChI=1S/C16H11BrClNO2/c1-21-12-4-2-3-10(7-12)13(9-19)16(20)11-5-6-14(17)15(18)8-11/h2-8,13H,1H3. The van der Waals surface area contributed by atoms with E-state index in [-0.39, 0.29) is 5.78 Å². The van der Waals surface area contributed by atoms with E-state index >= 15 is 0 Å². The van der Waals surface area contributed by atoms with E-state index in [4.69, 9.17) is 16.3 Å². The number of ether oxygens (including phenoxy) is 1. The first-order chi connectivity index (χ1) is 10.1. The Kier molecular flexibility index (Phi) is 5.00. The van der Waals surface area contributed by atoms with Crippen LogP contribution in [0.4, 0.5) is 0 Å². The third-order valence-electron chi connectivity index (χ3n) is 3.02. The van der Waals surface area contributed by atoms with Crippen LogP contribution in [0.1, 0.15) is 21.8 Å². The maximum absolute atomic E-state index is 12.5. The van der Waals surface area contributed by atoms with Crippen molar-refractivity contribution in [2.24, 2.45) is 0 Å². The molecule has 0 heterocycles. The highest BCUT2D eigenvalue weighted by atomic mass is 79.9. The van der Waals surface area contributed by atoms with Crippen molar-refractivity contribution < 1.29 is 9.53 Å². The Morgan fingerprint density at radius 3 is 2.71 bits per heavy atom. The highest BCUT2D eigenvalue weighted by Crippen LogP contribution is 2.28. The molecule has 0 bridgehead atoms. The molecule has 5 heteroatoms. The average molecular weight is 365 g/mol. The van der Waals surface area contributed by atoms with Crippen molar-refractivity contribution in [3.05, 3.63) is 63.1 Å². The van der Waals surface area contributed by atoms with Crippen molar-refractivity contribution in [2.75, 3.05) is 7.11 Å². The van der Waals surface area contributed by atoms with Crippen LogP contribution in [-0.4, -0.2) is 12.9 Å². The molecule has 3 nitrogen and oxygen atoms in total. The van der Waals surface area contributed by atoms with Gasteiger partial charge in [0.2, 0.25) is 0 Å². The summed E-state index contributed by atoms with van der Waals surface area (Å²) in [7, 11) is 1.54. The number of hydrogen-bond donors (Lipinski definition) is 0. The fourth-order valence-electron chi connectivity index (χ4n) is 1.92. The monoisotopic (exact) mass is 363 g/mol. The number of carbonyl (C=O) groups is 1. The fraction of sp³-hybridized carbons (Fsp3) is 0.125. The zero-order chi connectivity index (χ0) is 15.4. The molecule has 1 unspecified atom stereocenters. The molecule has 0 aromatic heterocycles. The number of halogens is 2. The van der Waals surface area contributed by atoms with Crippen molar-refractivity contribution in [2.45, 2.75) is 5.92 Å². The molecule has 1 atom stereocenters. The fourth-order valence-corrected chi connectivity index (χ4v) is 2.35. The van der Waals surface area contributed by atoms with Crippen LogP contribution in [0.3, 0.4) is 0 Å². The zero-order valence-corrected chi connectivity index (χ0v) is 13.5.